The summed E-state index contributed by atoms with van der Waals surface area (Å²) in [4.78, 5) is 23.2. The fraction of sp³-hybridized carbons (Fsp3) is 0.263. The van der Waals surface area contributed by atoms with Crippen molar-refractivity contribution in [2.75, 3.05) is 0 Å². The van der Waals surface area contributed by atoms with Gasteiger partial charge in [0.25, 0.3) is 0 Å². The molecule has 0 heterocycles. The van der Waals surface area contributed by atoms with Crippen LogP contribution in [0.1, 0.15) is 52.6 Å². The molecule has 3 heteroatoms. The molecule has 0 aliphatic carbocycles. The first kappa shape index (κ1) is 16.1. The molecule has 1 N–H and O–H groups in total. The minimum atomic E-state index is -1.36. The highest BCUT2D eigenvalue weighted by Gasteiger charge is 2.24. The molecule has 0 atom stereocenters. The van der Waals surface area contributed by atoms with Crippen molar-refractivity contribution in [3.05, 3.63) is 70.8 Å². The molecule has 0 aliphatic rings. The Hall–Kier alpha value is -2.26. The number of carbonyl (C=O) groups is 2. The lowest BCUT2D eigenvalue weighted by Gasteiger charge is -2.15. The van der Waals surface area contributed by atoms with Crippen LogP contribution in [0.15, 0.2) is 48.5 Å². The number of carbonyl (C=O) groups excluding carboxylic acids is 2. The zero-order chi connectivity index (χ0) is 16.3. The van der Waals surface area contributed by atoms with Gasteiger partial charge in [-0.25, -0.2) is 0 Å². The van der Waals surface area contributed by atoms with Crippen LogP contribution >= 0.6 is 0 Å². The van der Waals surface area contributed by atoms with Crippen LogP contribution in [0.25, 0.3) is 0 Å². The minimum Gasteiger partial charge on any atom is -0.382 e. The molecule has 0 saturated carbocycles. The Bertz CT molecular complexity index is 674. The predicted octanol–water partition coefficient (Wildman–Crippen LogP) is 3.43. The monoisotopic (exact) mass is 296 g/mol. The number of ketones is 2. The van der Waals surface area contributed by atoms with Gasteiger partial charge in [0, 0.05) is 11.1 Å². The molecule has 0 saturated heterocycles. The van der Waals surface area contributed by atoms with E-state index < -0.39 is 5.60 Å². The molecule has 2 aromatic carbocycles. The SMILES string of the molecule is CC(=O)c1ccc(Cc2ccc(C(=O)C(C)(C)O)cc2)cc1. The van der Waals surface area contributed by atoms with E-state index >= 15 is 0 Å². The standard InChI is InChI=1S/C19H20O3/c1-13(20)16-8-4-14(5-9-16)12-15-6-10-17(11-7-15)18(21)19(2,3)22/h4-11,22H,12H2,1-3H3. The van der Waals surface area contributed by atoms with Crippen LogP contribution in [0.4, 0.5) is 0 Å². The van der Waals surface area contributed by atoms with E-state index in [-0.39, 0.29) is 11.6 Å². The molecule has 0 aliphatic heterocycles. The smallest absolute Gasteiger partial charge is 0.193 e. The van der Waals surface area contributed by atoms with Crippen molar-refractivity contribution >= 4 is 11.6 Å². The van der Waals surface area contributed by atoms with Crippen LogP contribution < -0.4 is 0 Å². The molecular formula is C19H20O3. The maximum atomic E-state index is 12.0. The summed E-state index contributed by atoms with van der Waals surface area (Å²) in [6.45, 7) is 4.52. The molecule has 114 valence electrons. The lowest BCUT2D eigenvalue weighted by molar-refractivity contribution is 0.0488. The number of rotatable bonds is 5. The van der Waals surface area contributed by atoms with Gasteiger partial charge >= 0.3 is 0 Å². The quantitative estimate of drug-likeness (QED) is 0.860. The molecular weight excluding hydrogens is 276 g/mol. The van der Waals surface area contributed by atoms with Crippen LogP contribution in [0.3, 0.4) is 0 Å². The number of Topliss-reactive ketones (excluding diaryl/α,β-unsaturated/α-hetero) is 2. The fourth-order valence-corrected chi connectivity index (χ4v) is 2.22. The summed E-state index contributed by atoms with van der Waals surface area (Å²) in [5.74, 6) is -0.231. The fourth-order valence-electron chi connectivity index (χ4n) is 2.22. The van der Waals surface area contributed by atoms with E-state index in [0.29, 0.717) is 11.1 Å². The molecule has 0 bridgehead atoms. The lowest BCUT2D eigenvalue weighted by atomic mass is 9.95. The van der Waals surface area contributed by atoms with E-state index in [1.165, 1.54) is 13.8 Å². The summed E-state index contributed by atoms with van der Waals surface area (Å²) >= 11 is 0. The number of benzene rings is 2. The predicted molar refractivity (Wildman–Crippen MR) is 86.3 cm³/mol. The van der Waals surface area contributed by atoms with E-state index in [2.05, 4.69) is 0 Å². The molecule has 0 radical (unpaired) electrons. The van der Waals surface area contributed by atoms with Gasteiger partial charge in [0.05, 0.1) is 0 Å². The normalized spacial score (nSPS) is 11.3. The first-order chi connectivity index (χ1) is 10.3. The molecule has 0 aromatic heterocycles. The third-order valence-corrected chi connectivity index (χ3v) is 3.54. The number of aliphatic hydroxyl groups is 1. The van der Waals surface area contributed by atoms with Crippen LogP contribution in [0, 0.1) is 0 Å². The Labute approximate surface area is 130 Å². The van der Waals surface area contributed by atoms with E-state index in [1.54, 1.807) is 19.1 Å². The second-order valence-corrected chi connectivity index (χ2v) is 6.01. The van der Waals surface area contributed by atoms with Crippen molar-refractivity contribution in [1.29, 1.82) is 0 Å². The van der Waals surface area contributed by atoms with Gasteiger partial charge in [-0.2, -0.15) is 0 Å². The Kier molecular flexibility index (Phi) is 4.57. The summed E-state index contributed by atoms with van der Waals surface area (Å²) < 4.78 is 0. The highest BCUT2D eigenvalue weighted by atomic mass is 16.3. The first-order valence-electron chi connectivity index (χ1n) is 7.23. The van der Waals surface area contributed by atoms with E-state index in [0.717, 1.165) is 17.5 Å². The van der Waals surface area contributed by atoms with Gasteiger partial charge in [-0.15, -0.1) is 0 Å². The molecule has 0 fully saturated rings. The van der Waals surface area contributed by atoms with Gasteiger partial charge in [0.1, 0.15) is 5.60 Å². The number of hydrogen-bond donors (Lipinski definition) is 1. The van der Waals surface area contributed by atoms with Crippen molar-refractivity contribution in [2.24, 2.45) is 0 Å². The summed E-state index contributed by atoms with van der Waals surface area (Å²) in [5.41, 5.74) is 2.02. The highest BCUT2D eigenvalue weighted by molar-refractivity contribution is 6.01. The average molecular weight is 296 g/mol. The van der Waals surface area contributed by atoms with Crippen molar-refractivity contribution in [2.45, 2.75) is 32.8 Å². The molecule has 22 heavy (non-hydrogen) atoms. The molecule has 3 nitrogen and oxygen atoms in total. The lowest BCUT2D eigenvalue weighted by Crippen LogP contribution is -2.31. The van der Waals surface area contributed by atoms with Crippen molar-refractivity contribution in [1.82, 2.24) is 0 Å². The van der Waals surface area contributed by atoms with Crippen LogP contribution in [0.5, 0.6) is 0 Å². The van der Waals surface area contributed by atoms with Crippen molar-refractivity contribution in [3.8, 4) is 0 Å². The van der Waals surface area contributed by atoms with Crippen LogP contribution in [-0.2, 0) is 6.42 Å². The van der Waals surface area contributed by atoms with Gasteiger partial charge in [-0.3, -0.25) is 9.59 Å². The van der Waals surface area contributed by atoms with Gasteiger partial charge in [-0.1, -0.05) is 48.5 Å². The molecule has 0 amide bonds. The zero-order valence-corrected chi connectivity index (χ0v) is 13.1. The second-order valence-electron chi connectivity index (χ2n) is 6.01. The maximum Gasteiger partial charge on any atom is 0.193 e. The van der Waals surface area contributed by atoms with Gasteiger partial charge in [0.15, 0.2) is 11.6 Å². The molecule has 2 aromatic rings. The zero-order valence-electron chi connectivity index (χ0n) is 13.1. The summed E-state index contributed by atoms with van der Waals surface area (Å²) in [7, 11) is 0. The third kappa shape index (κ3) is 3.89. The summed E-state index contributed by atoms with van der Waals surface area (Å²) in [6.07, 6.45) is 0.731. The Balaban J connectivity index is 2.11. The molecule has 0 spiro atoms. The topological polar surface area (TPSA) is 54.4 Å². The highest BCUT2D eigenvalue weighted by Crippen LogP contribution is 2.16. The summed E-state index contributed by atoms with van der Waals surface area (Å²) in [5, 5.41) is 9.74. The molecule has 2 rings (SSSR count). The van der Waals surface area contributed by atoms with E-state index in [4.69, 9.17) is 0 Å². The first-order valence-corrected chi connectivity index (χ1v) is 7.23. The Morgan fingerprint density at radius 2 is 1.27 bits per heavy atom. The van der Waals surface area contributed by atoms with Gasteiger partial charge in [0.2, 0.25) is 0 Å². The van der Waals surface area contributed by atoms with Crippen molar-refractivity contribution < 1.29 is 14.7 Å². The maximum absolute atomic E-state index is 12.0. The van der Waals surface area contributed by atoms with E-state index in [1.807, 2.05) is 36.4 Å². The minimum absolute atomic E-state index is 0.0565. The van der Waals surface area contributed by atoms with Gasteiger partial charge in [-0.05, 0) is 38.3 Å². The number of hydrogen-bond acceptors (Lipinski definition) is 3. The largest absolute Gasteiger partial charge is 0.382 e. The van der Waals surface area contributed by atoms with E-state index in [9.17, 15) is 14.7 Å². The average Bonchev–Trinajstić information content (AvgIpc) is 2.47. The second kappa shape index (κ2) is 6.24. The third-order valence-electron chi connectivity index (χ3n) is 3.54. The van der Waals surface area contributed by atoms with Crippen LogP contribution in [0.2, 0.25) is 0 Å². The van der Waals surface area contributed by atoms with Gasteiger partial charge < -0.3 is 5.11 Å². The summed E-state index contributed by atoms with van der Waals surface area (Å²) in [6, 6.07) is 14.8. The molecule has 0 unspecified atom stereocenters. The Morgan fingerprint density at radius 1 is 0.864 bits per heavy atom. The van der Waals surface area contributed by atoms with Crippen LogP contribution in [-0.4, -0.2) is 22.3 Å². The Morgan fingerprint density at radius 3 is 1.64 bits per heavy atom. The van der Waals surface area contributed by atoms with Crippen molar-refractivity contribution in [3.63, 3.8) is 0 Å².